The lowest BCUT2D eigenvalue weighted by molar-refractivity contribution is 0.0372. The van der Waals surface area contributed by atoms with E-state index in [-0.39, 0.29) is 5.91 Å². The van der Waals surface area contributed by atoms with Crippen molar-refractivity contribution in [2.45, 2.75) is 25.3 Å². The summed E-state index contributed by atoms with van der Waals surface area (Å²) in [4.78, 5) is 17.3. The molecule has 2 heterocycles. The first-order valence-electron chi connectivity index (χ1n) is 7.13. The van der Waals surface area contributed by atoms with Crippen molar-refractivity contribution in [2.24, 2.45) is 0 Å². The first kappa shape index (κ1) is 14.5. The Hall–Kier alpha value is -0.390. The largest absolute Gasteiger partial charge is 0.336 e. The highest BCUT2D eigenvalue weighted by Crippen LogP contribution is 2.26. The van der Waals surface area contributed by atoms with E-state index in [0.717, 1.165) is 34.1 Å². The van der Waals surface area contributed by atoms with E-state index in [1.807, 2.05) is 23.1 Å². The lowest BCUT2D eigenvalue weighted by Gasteiger charge is -2.44. The Morgan fingerprint density at radius 3 is 2.85 bits per heavy atom. The van der Waals surface area contributed by atoms with Crippen LogP contribution in [0.2, 0.25) is 0 Å². The second-order valence-corrected chi connectivity index (χ2v) is 7.33. The Labute approximate surface area is 136 Å². The van der Waals surface area contributed by atoms with Crippen LogP contribution in [-0.4, -0.2) is 47.9 Å². The van der Waals surface area contributed by atoms with E-state index >= 15 is 0 Å². The molecule has 0 spiro atoms. The maximum atomic E-state index is 12.7. The molecule has 2 aliphatic heterocycles. The van der Waals surface area contributed by atoms with Crippen LogP contribution >= 0.6 is 31.9 Å². The van der Waals surface area contributed by atoms with Crippen LogP contribution < -0.4 is 0 Å². The van der Waals surface area contributed by atoms with Gasteiger partial charge in [0.1, 0.15) is 0 Å². The second kappa shape index (κ2) is 6.16. The third kappa shape index (κ3) is 2.95. The first-order chi connectivity index (χ1) is 9.65. The number of piperidine rings is 1. The predicted molar refractivity (Wildman–Crippen MR) is 87.0 cm³/mol. The van der Waals surface area contributed by atoms with E-state index < -0.39 is 0 Å². The third-order valence-corrected chi connectivity index (χ3v) is 5.47. The smallest absolute Gasteiger partial charge is 0.255 e. The molecule has 0 bridgehead atoms. The number of hydrogen-bond acceptors (Lipinski definition) is 2. The summed E-state index contributed by atoms with van der Waals surface area (Å²) in [5.41, 5.74) is 0.753. The molecule has 0 aromatic heterocycles. The van der Waals surface area contributed by atoms with Gasteiger partial charge in [-0.3, -0.25) is 9.69 Å². The highest BCUT2D eigenvalue weighted by molar-refractivity contribution is 9.11. The van der Waals surface area contributed by atoms with E-state index in [1.165, 1.54) is 25.8 Å². The molecule has 2 aliphatic rings. The lowest BCUT2D eigenvalue weighted by Crippen LogP contribution is -2.56. The number of hydrogen-bond donors (Lipinski definition) is 0. The second-order valence-electron chi connectivity index (χ2n) is 5.56. The minimum Gasteiger partial charge on any atom is -0.336 e. The number of benzene rings is 1. The molecular formula is C15H18Br2N2O. The van der Waals surface area contributed by atoms with Crippen LogP contribution in [0.1, 0.15) is 29.6 Å². The van der Waals surface area contributed by atoms with Crippen molar-refractivity contribution in [1.29, 1.82) is 0 Å². The Morgan fingerprint density at radius 2 is 2.00 bits per heavy atom. The normalized spacial score (nSPS) is 23.5. The molecule has 0 radical (unpaired) electrons. The molecule has 1 aromatic rings. The number of carbonyl (C=O) groups excluding carboxylic acids is 1. The van der Waals surface area contributed by atoms with Crippen LogP contribution in [-0.2, 0) is 0 Å². The number of carbonyl (C=O) groups is 1. The van der Waals surface area contributed by atoms with Crippen molar-refractivity contribution >= 4 is 37.8 Å². The average molecular weight is 402 g/mol. The molecule has 0 aliphatic carbocycles. The van der Waals surface area contributed by atoms with Crippen molar-refractivity contribution in [2.75, 3.05) is 26.2 Å². The summed E-state index contributed by atoms with van der Waals surface area (Å²) in [7, 11) is 0. The monoisotopic (exact) mass is 400 g/mol. The Morgan fingerprint density at radius 1 is 1.15 bits per heavy atom. The highest BCUT2D eigenvalue weighted by Gasteiger charge is 2.31. The van der Waals surface area contributed by atoms with Gasteiger partial charge in [-0.1, -0.05) is 22.4 Å². The van der Waals surface area contributed by atoms with Crippen LogP contribution in [0, 0.1) is 0 Å². The SMILES string of the molecule is O=C(c1cc(Br)ccc1Br)N1CCN2CCCCC2C1. The Balaban J connectivity index is 1.76. The Kier molecular flexibility index (Phi) is 4.48. The minimum atomic E-state index is 0.142. The summed E-state index contributed by atoms with van der Waals surface area (Å²) >= 11 is 6.93. The van der Waals surface area contributed by atoms with Gasteiger partial charge in [-0.15, -0.1) is 0 Å². The Bertz CT molecular complexity index is 521. The zero-order valence-electron chi connectivity index (χ0n) is 11.3. The van der Waals surface area contributed by atoms with Gasteiger partial charge in [0.15, 0.2) is 0 Å². The zero-order valence-corrected chi connectivity index (χ0v) is 14.5. The maximum Gasteiger partial charge on any atom is 0.255 e. The van der Waals surface area contributed by atoms with Crippen LogP contribution in [0.25, 0.3) is 0 Å². The molecule has 1 aromatic carbocycles. The van der Waals surface area contributed by atoms with E-state index in [1.54, 1.807) is 0 Å². The fourth-order valence-corrected chi connectivity index (χ4v) is 3.95. The first-order valence-corrected chi connectivity index (χ1v) is 8.72. The van der Waals surface area contributed by atoms with Crippen LogP contribution in [0.15, 0.2) is 27.1 Å². The van der Waals surface area contributed by atoms with E-state index in [9.17, 15) is 4.79 Å². The van der Waals surface area contributed by atoms with Gasteiger partial charge in [0.05, 0.1) is 5.56 Å². The number of fused-ring (bicyclic) bond motifs is 1. The summed E-state index contributed by atoms with van der Waals surface area (Å²) in [6.07, 6.45) is 3.83. The van der Waals surface area contributed by atoms with Crippen LogP contribution in [0.5, 0.6) is 0 Å². The molecule has 1 amide bonds. The zero-order chi connectivity index (χ0) is 14.1. The number of halogens is 2. The van der Waals surface area contributed by atoms with Crippen LogP contribution in [0.3, 0.4) is 0 Å². The van der Waals surface area contributed by atoms with Crippen molar-refractivity contribution < 1.29 is 4.79 Å². The fourth-order valence-electron chi connectivity index (χ4n) is 3.17. The van der Waals surface area contributed by atoms with Gasteiger partial charge in [-0.05, 0) is 53.5 Å². The molecule has 3 rings (SSSR count). The number of amides is 1. The summed E-state index contributed by atoms with van der Waals surface area (Å²) < 4.78 is 1.82. The lowest BCUT2D eigenvalue weighted by atomic mass is 9.99. The van der Waals surface area contributed by atoms with Gasteiger partial charge < -0.3 is 4.90 Å². The average Bonchev–Trinajstić information content (AvgIpc) is 2.48. The topological polar surface area (TPSA) is 23.6 Å². The molecule has 3 nitrogen and oxygen atoms in total. The summed E-state index contributed by atoms with van der Waals surface area (Å²) in [6, 6.07) is 6.33. The summed E-state index contributed by atoms with van der Waals surface area (Å²) in [5, 5.41) is 0. The van der Waals surface area contributed by atoms with Gasteiger partial charge in [0, 0.05) is 34.6 Å². The molecule has 2 saturated heterocycles. The molecular weight excluding hydrogens is 384 g/mol. The quantitative estimate of drug-likeness (QED) is 0.718. The van der Waals surface area contributed by atoms with Crippen molar-refractivity contribution in [1.82, 2.24) is 9.80 Å². The molecule has 0 saturated carbocycles. The molecule has 5 heteroatoms. The molecule has 1 atom stereocenters. The van der Waals surface area contributed by atoms with E-state index in [0.29, 0.717) is 6.04 Å². The number of piperazine rings is 1. The third-order valence-electron chi connectivity index (χ3n) is 4.28. The van der Waals surface area contributed by atoms with Crippen LogP contribution in [0.4, 0.5) is 0 Å². The number of rotatable bonds is 1. The molecule has 108 valence electrons. The summed E-state index contributed by atoms with van der Waals surface area (Å²) in [5.74, 6) is 0.142. The van der Waals surface area contributed by atoms with Gasteiger partial charge in [0.2, 0.25) is 0 Å². The van der Waals surface area contributed by atoms with Gasteiger partial charge in [0.25, 0.3) is 5.91 Å². The van der Waals surface area contributed by atoms with Gasteiger partial charge in [-0.25, -0.2) is 0 Å². The van der Waals surface area contributed by atoms with Gasteiger partial charge in [-0.2, -0.15) is 0 Å². The molecule has 2 fully saturated rings. The van der Waals surface area contributed by atoms with E-state index in [2.05, 4.69) is 36.8 Å². The number of nitrogens with zero attached hydrogens (tertiary/aromatic N) is 2. The van der Waals surface area contributed by atoms with Gasteiger partial charge >= 0.3 is 0 Å². The molecule has 0 N–H and O–H groups in total. The molecule has 1 unspecified atom stereocenters. The molecule has 20 heavy (non-hydrogen) atoms. The predicted octanol–water partition coefficient (Wildman–Crippen LogP) is 3.52. The van der Waals surface area contributed by atoms with Crippen molar-refractivity contribution in [3.05, 3.63) is 32.7 Å². The fraction of sp³-hybridized carbons (Fsp3) is 0.533. The van der Waals surface area contributed by atoms with Crippen molar-refractivity contribution in [3.63, 3.8) is 0 Å². The van der Waals surface area contributed by atoms with Crippen molar-refractivity contribution in [3.8, 4) is 0 Å². The maximum absolute atomic E-state index is 12.7. The highest BCUT2D eigenvalue weighted by atomic mass is 79.9. The van der Waals surface area contributed by atoms with E-state index in [4.69, 9.17) is 0 Å². The summed E-state index contributed by atoms with van der Waals surface area (Å²) in [6.45, 7) is 3.93. The minimum absolute atomic E-state index is 0.142. The standard InChI is InChI=1S/C15H18Br2N2O/c16-11-4-5-14(17)13(9-11)15(20)19-8-7-18-6-2-1-3-12(18)10-19/h4-5,9,12H,1-3,6-8,10H2.